The normalized spacial score (nSPS) is 10.6. The van der Waals surface area contributed by atoms with Gasteiger partial charge in [-0.15, -0.1) is 0 Å². The molecule has 17 heavy (non-hydrogen) atoms. The van der Waals surface area contributed by atoms with Gasteiger partial charge in [0.15, 0.2) is 0 Å². The van der Waals surface area contributed by atoms with Crippen LogP contribution < -0.4 is 4.74 Å². The van der Waals surface area contributed by atoms with Gasteiger partial charge in [-0.2, -0.15) is 0 Å². The number of carbonyl (C=O) groups is 1. The molecule has 1 aromatic carbocycles. The molecule has 0 spiro atoms. The highest BCUT2D eigenvalue weighted by molar-refractivity contribution is 9.13. The fraction of sp³-hybridized carbons (Fsp3) is 0.250. The van der Waals surface area contributed by atoms with Crippen molar-refractivity contribution in [2.45, 2.75) is 6.92 Å². The molecule has 1 aromatic rings. The van der Waals surface area contributed by atoms with Gasteiger partial charge in [0.2, 0.25) is 0 Å². The number of methoxy groups -OCH3 is 1. The molecule has 0 heterocycles. The number of rotatable bonds is 4. The molecule has 0 saturated carbocycles. The molecule has 0 aliphatic heterocycles. The minimum atomic E-state index is -0.374. The summed E-state index contributed by atoms with van der Waals surface area (Å²) in [5.74, 6) is 0.307. The summed E-state index contributed by atoms with van der Waals surface area (Å²) < 4.78 is 11.8. The van der Waals surface area contributed by atoms with E-state index in [0.717, 1.165) is 14.5 Å². The molecule has 0 aromatic heterocycles. The average Bonchev–Trinajstić information content (AvgIpc) is 2.31. The lowest BCUT2D eigenvalue weighted by Crippen LogP contribution is -1.99. The van der Waals surface area contributed by atoms with E-state index in [2.05, 4.69) is 31.9 Å². The Morgan fingerprint density at radius 1 is 1.41 bits per heavy atom. The van der Waals surface area contributed by atoms with E-state index in [1.807, 2.05) is 12.1 Å². The summed E-state index contributed by atoms with van der Waals surface area (Å²) in [4.78, 5) is 11.2. The summed E-state index contributed by atoms with van der Waals surface area (Å²) in [7, 11) is 1.58. The maximum atomic E-state index is 11.2. The number of ether oxygens (including phenoxy) is 2. The van der Waals surface area contributed by atoms with Crippen LogP contribution in [0.2, 0.25) is 0 Å². The topological polar surface area (TPSA) is 35.5 Å². The Kier molecular flexibility index (Phi) is 5.71. The molecule has 0 fully saturated rings. The van der Waals surface area contributed by atoms with Crippen LogP contribution in [0.4, 0.5) is 0 Å². The van der Waals surface area contributed by atoms with Gasteiger partial charge in [-0.3, -0.25) is 0 Å². The van der Waals surface area contributed by atoms with Crippen molar-refractivity contribution in [3.8, 4) is 5.75 Å². The minimum absolute atomic E-state index is 0.361. The number of carbonyl (C=O) groups excluding carboxylic acids is 1. The second-order valence-electron chi connectivity index (χ2n) is 3.06. The fourth-order valence-corrected chi connectivity index (χ4v) is 2.03. The Balaban J connectivity index is 3.04. The summed E-state index contributed by atoms with van der Waals surface area (Å²) in [6.07, 6.45) is 3.03. The number of esters is 1. The van der Waals surface area contributed by atoms with Crippen molar-refractivity contribution in [3.63, 3.8) is 0 Å². The smallest absolute Gasteiger partial charge is 0.330 e. The monoisotopic (exact) mass is 362 g/mol. The maximum Gasteiger partial charge on any atom is 0.330 e. The summed E-state index contributed by atoms with van der Waals surface area (Å²) in [5.41, 5.74) is 0.787. The molecule has 0 N–H and O–H groups in total. The second kappa shape index (κ2) is 6.81. The Morgan fingerprint density at radius 3 is 2.71 bits per heavy atom. The molecule has 0 unspecified atom stereocenters. The first-order chi connectivity index (χ1) is 8.10. The van der Waals surface area contributed by atoms with E-state index < -0.39 is 0 Å². The third kappa shape index (κ3) is 3.85. The zero-order valence-electron chi connectivity index (χ0n) is 9.50. The number of halogens is 2. The van der Waals surface area contributed by atoms with Crippen molar-refractivity contribution < 1.29 is 14.3 Å². The lowest BCUT2D eigenvalue weighted by atomic mass is 10.2. The molecule has 0 amide bonds. The van der Waals surface area contributed by atoms with Crippen LogP contribution in [0.3, 0.4) is 0 Å². The molecule has 0 saturated heterocycles. The van der Waals surface area contributed by atoms with Gasteiger partial charge in [-0.25, -0.2) is 4.79 Å². The predicted molar refractivity (Wildman–Crippen MR) is 74.1 cm³/mol. The number of hydrogen-bond acceptors (Lipinski definition) is 3. The Bertz CT molecular complexity index is 442. The SMILES string of the molecule is CCOC(=O)/C=C/c1c(OC)ccc(Br)c1Br. The van der Waals surface area contributed by atoms with E-state index in [4.69, 9.17) is 9.47 Å². The lowest BCUT2D eigenvalue weighted by molar-refractivity contribution is -0.137. The lowest BCUT2D eigenvalue weighted by Gasteiger charge is -2.08. The Morgan fingerprint density at radius 2 is 2.12 bits per heavy atom. The van der Waals surface area contributed by atoms with Crippen molar-refractivity contribution in [2.24, 2.45) is 0 Å². The van der Waals surface area contributed by atoms with Gasteiger partial charge in [0.1, 0.15) is 5.75 Å². The first kappa shape index (κ1) is 14.3. The highest BCUT2D eigenvalue weighted by Crippen LogP contribution is 2.34. The standard InChI is InChI=1S/C12H12Br2O3/c1-3-17-11(15)7-4-8-10(16-2)6-5-9(13)12(8)14/h4-7H,3H2,1-2H3/b7-4+. The van der Waals surface area contributed by atoms with E-state index >= 15 is 0 Å². The minimum Gasteiger partial charge on any atom is -0.496 e. The van der Waals surface area contributed by atoms with Gasteiger partial charge >= 0.3 is 5.97 Å². The number of hydrogen-bond donors (Lipinski definition) is 0. The van der Waals surface area contributed by atoms with Crippen molar-refractivity contribution in [1.29, 1.82) is 0 Å². The molecule has 0 atom stereocenters. The van der Waals surface area contributed by atoms with E-state index in [1.54, 1.807) is 20.1 Å². The second-order valence-corrected chi connectivity index (χ2v) is 4.71. The quantitative estimate of drug-likeness (QED) is 0.603. The molecule has 0 bridgehead atoms. The van der Waals surface area contributed by atoms with Crippen LogP contribution in [0.5, 0.6) is 5.75 Å². The van der Waals surface area contributed by atoms with Crippen LogP contribution in [0, 0.1) is 0 Å². The van der Waals surface area contributed by atoms with Crippen LogP contribution in [0.1, 0.15) is 12.5 Å². The van der Waals surface area contributed by atoms with E-state index in [0.29, 0.717) is 12.4 Å². The van der Waals surface area contributed by atoms with Crippen LogP contribution in [-0.4, -0.2) is 19.7 Å². The first-order valence-corrected chi connectivity index (χ1v) is 6.55. The molecule has 0 aliphatic carbocycles. The molecular formula is C12H12Br2O3. The van der Waals surface area contributed by atoms with Crippen LogP contribution in [-0.2, 0) is 9.53 Å². The molecule has 0 radical (unpaired) electrons. The van der Waals surface area contributed by atoms with Gasteiger partial charge in [-0.1, -0.05) is 0 Å². The van der Waals surface area contributed by atoms with Crippen LogP contribution in [0.25, 0.3) is 6.08 Å². The highest BCUT2D eigenvalue weighted by atomic mass is 79.9. The van der Waals surface area contributed by atoms with Crippen molar-refractivity contribution in [2.75, 3.05) is 13.7 Å². The van der Waals surface area contributed by atoms with Crippen molar-refractivity contribution in [3.05, 3.63) is 32.7 Å². The molecule has 1 rings (SSSR count). The summed E-state index contributed by atoms with van der Waals surface area (Å²) in [6, 6.07) is 3.68. The fourth-order valence-electron chi connectivity index (χ4n) is 1.22. The van der Waals surface area contributed by atoms with E-state index in [9.17, 15) is 4.79 Å². The van der Waals surface area contributed by atoms with Crippen LogP contribution >= 0.6 is 31.9 Å². The molecule has 0 aliphatic rings. The van der Waals surface area contributed by atoms with Crippen LogP contribution in [0.15, 0.2) is 27.2 Å². The Hall–Kier alpha value is -0.810. The zero-order valence-corrected chi connectivity index (χ0v) is 12.7. The molecule has 3 nitrogen and oxygen atoms in total. The molecule has 5 heteroatoms. The van der Waals surface area contributed by atoms with Gasteiger partial charge in [0.05, 0.1) is 13.7 Å². The maximum absolute atomic E-state index is 11.2. The predicted octanol–water partition coefficient (Wildman–Crippen LogP) is 3.80. The van der Waals surface area contributed by atoms with Gasteiger partial charge in [-0.05, 0) is 57.0 Å². The first-order valence-electron chi connectivity index (χ1n) is 4.97. The highest BCUT2D eigenvalue weighted by Gasteiger charge is 2.08. The van der Waals surface area contributed by atoms with Gasteiger partial charge in [0, 0.05) is 20.6 Å². The van der Waals surface area contributed by atoms with Gasteiger partial charge < -0.3 is 9.47 Å². The third-order valence-electron chi connectivity index (χ3n) is 1.99. The average molecular weight is 364 g/mol. The summed E-state index contributed by atoms with van der Waals surface area (Å²) >= 11 is 6.83. The molecule has 92 valence electrons. The van der Waals surface area contributed by atoms with Crippen molar-refractivity contribution >= 4 is 43.9 Å². The summed E-state index contributed by atoms with van der Waals surface area (Å²) in [5, 5.41) is 0. The van der Waals surface area contributed by atoms with E-state index in [-0.39, 0.29) is 5.97 Å². The van der Waals surface area contributed by atoms with Crippen molar-refractivity contribution in [1.82, 2.24) is 0 Å². The molecular weight excluding hydrogens is 352 g/mol. The Labute approximate surface area is 117 Å². The largest absolute Gasteiger partial charge is 0.496 e. The summed E-state index contributed by atoms with van der Waals surface area (Å²) in [6.45, 7) is 2.13. The zero-order chi connectivity index (χ0) is 12.8. The third-order valence-corrected chi connectivity index (χ3v) is 4.03. The van der Waals surface area contributed by atoms with Gasteiger partial charge in [0.25, 0.3) is 0 Å². The number of benzene rings is 1. The van der Waals surface area contributed by atoms with E-state index in [1.165, 1.54) is 6.08 Å².